The average Bonchev–Trinajstić information content (AvgIpc) is 2.50. The molecule has 0 saturated heterocycles. The molecule has 0 spiro atoms. The highest BCUT2D eigenvalue weighted by atomic mass is 35.5. The number of alkyl halides is 1. The summed E-state index contributed by atoms with van der Waals surface area (Å²) in [7, 11) is 0. The highest BCUT2D eigenvalue weighted by Crippen LogP contribution is 2.63. The zero-order valence-corrected chi connectivity index (χ0v) is 15.4. The van der Waals surface area contributed by atoms with Gasteiger partial charge in [0.25, 0.3) is 0 Å². The van der Waals surface area contributed by atoms with Gasteiger partial charge < -0.3 is 10.6 Å². The quantitative estimate of drug-likeness (QED) is 0.805. The van der Waals surface area contributed by atoms with Crippen molar-refractivity contribution in [2.75, 3.05) is 11.9 Å². The molecular weight excluding hydrogens is 336 g/mol. The predicted molar refractivity (Wildman–Crippen MR) is 98.5 cm³/mol. The number of hydrogen-bond acceptors (Lipinski definition) is 2. The summed E-state index contributed by atoms with van der Waals surface area (Å²) in [5, 5.41) is 5.72. The first-order valence-electron chi connectivity index (χ1n) is 9.20. The van der Waals surface area contributed by atoms with Crippen LogP contribution < -0.4 is 10.6 Å². The van der Waals surface area contributed by atoms with Crippen LogP contribution in [0.5, 0.6) is 0 Å². The van der Waals surface area contributed by atoms with Gasteiger partial charge in [-0.3, -0.25) is 9.59 Å². The first-order valence-corrected chi connectivity index (χ1v) is 9.57. The number of anilines is 1. The monoisotopic (exact) mass is 360 g/mol. The van der Waals surface area contributed by atoms with Gasteiger partial charge in [0.2, 0.25) is 11.8 Å². The van der Waals surface area contributed by atoms with Gasteiger partial charge in [-0.05, 0) is 75.0 Å². The van der Waals surface area contributed by atoms with Crippen LogP contribution in [0.15, 0.2) is 24.3 Å². The summed E-state index contributed by atoms with van der Waals surface area (Å²) >= 11 is 6.79. The lowest BCUT2D eigenvalue weighted by atomic mass is 9.49. The van der Waals surface area contributed by atoms with Gasteiger partial charge in [0.15, 0.2) is 0 Å². The van der Waals surface area contributed by atoms with Crippen molar-refractivity contribution < 1.29 is 9.59 Å². The normalized spacial score (nSPS) is 35.4. The predicted octanol–water partition coefficient (Wildman–Crippen LogP) is 3.63. The molecule has 0 heterocycles. The minimum absolute atomic E-state index is 0.0130. The summed E-state index contributed by atoms with van der Waals surface area (Å²) in [5.74, 6) is 0.978. The number of nitrogens with one attached hydrogen (secondary N) is 2. The summed E-state index contributed by atoms with van der Waals surface area (Å²) in [6.07, 6.45) is 5.95. The molecule has 4 atom stereocenters. The van der Waals surface area contributed by atoms with Gasteiger partial charge in [-0.15, -0.1) is 11.6 Å². The van der Waals surface area contributed by atoms with E-state index in [2.05, 4.69) is 10.6 Å². The molecule has 0 aromatic heterocycles. The molecule has 1 aromatic rings. The first kappa shape index (κ1) is 16.9. The maximum absolute atomic E-state index is 12.9. The largest absolute Gasteiger partial charge is 0.347 e. The van der Waals surface area contributed by atoms with E-state index in [1.807, 2.05) is 31.2 Å². The maximum atomic E-state index is 12.9. The van der Waals surface area contributed by atoms with Crippen molar-refractivity contribution in [2.45, 2.75) is 50.3 Å². The van der Waals surface area contributed by atoms with Crippen molar-refractivity contribution in [3.63, 3.8) is 0 Å². The van der Waals surface area contributed by atoms with Crippen molar-refractivity contribution in [3.05, 3.63) is 29.8 Å². The van der Waals surface area contributed by atoms with Crippen molar-refractivity contribution in [1.29, 1.82) is 0 Å². The van der Waals surface area contributed by atoms with Gasteiger partial charge in [-0.1, -0.05) is 12.1 Å². The molecular formula is C20H25ClN2O2. The Morgan fingerprint density at radius 3 is 2.56 bits per heavy atom. The van der Waals surface area contributed by atoms with Crippen LogP contribution in [0.4, 0.5) is 5.69 Å². The molecule has 4 nitrogen and oxygen atoms in total. The molecule has 4 bridgehead atoms. The van der Waals surface area contributed by atoms with Crippen LogP contribution in [0.25, 0.3) is 0 Å². The fourth-order valence-corrected chi connectivity index (χ4v) is 6.38. The fraction of sp³-hybridized carbons (Fsp3) is 0.600. The first-order chi connectivity index (χ1) is 11.9. The lowest BCUT2D eigenvalue weighted by Gasteiger charge is -2.59. The maximum Gasteiger partial charge on any atom is 0.243 e. The lowest BCUT2D eigenvalue weighted by Crippen LogP contribution is -2.58. The second kappa shape index (κ2) is 6.01. The Bertz CT molecular complexity index is 703. The van der Waals surface area contributed by atoms with Crippen LogP contribution in [0.2, 0.25) is 0 Å². The number of aryl methyl sites for hydroxylation is 1. The Balaban J connectivity index is 1.37. The number of carbonyl (C=O) groups excluding carboxylic acids is 2. The lowest BCUT2D eigenvalue weighted by molar-refractivity contribution is -0.145. The molecule has 2 amide bonds. The number of carbonyl (C=O) groups is 2. The Kier molecular flexibility index (Phi) is 4.06. The third-order valence-electron chi connectivity index (χ3n) is 6.18. The van der Waals surface area contributed by atoms with Gasteiger partial charge in [-0.25, -0.2) is 0 Å². The number of halogens is 1. The zero-order valence-electron chi connectivity index (χ0n) is 14.6. The van der Waals surface area contributed by atoms with E-state index in [-0.39, 0.29) is 28.6 Å². The van der Waals surface area contributed by atoms with Crippen LogP contribution in [0.3, 0.4) is 0 Å². The molecule has 0 radical (unpaired) electrons. The molecule has 2 N–H and O–H groups in total. The van der Waals surface area contributed by atoms with Gasteiger partial charge in [0, 0.05) is 10.6 Å². The molecule has 5 heteroatoms. The van der Waals surface area contributed by atoms with E-state index in [0.717, 1.165) is 43.4 Å². The summed E-state index contributed by atoms with van der Waals surface area (Å²) in [6, 6.07) is 7.64. The number of rotatable bonds is 4. The van der Waals surface area contributed by atoms with Crippen LogP contribution in [-0.2, 0) is 9.59 Å². The summed E-state index contributed by atoms with van der Waals surface area (Å²) in [6.45, 7) is 1.99. The minimum atomic E-state index is -0.352. The van der Waals surface area contributed by atoms with Gasteiger partial charge >= 0.3 is 0 Å². The summed E-state index contributed by atoms with van der Waals surface area (Å²) < 4.78 is 0. The highest BCUT2D eigenvalue weighted by Gasteiger charge is 2.59. The molecule has 4 aliphatic rings. The topological polar surface area (TPSA) is 58.2 Å². The Morgan fingerprint density at radius 2 is 1.92 bits per heavy atom. The van der Waals surface area contributed by atoms with E-state index < -0.39 is 0 Å². The number of hydrogen-bond donors (Lipinski definition) is 2. The second-order valence-electron chi connectivity index (χ2n) is 8.49. The molecule has 25 heavy (non-hydrogen) atoms. The van der Waals surface area contributed by atoms with E-state index >= 15 is 0 Å². The van der Waals surface area contributed by atoms with Crippen LogP contribution in [0.1, 0.15) is 44.1 Å². The van der Waals surface area contributed by atoms with Crippen molar-refractivity contribution in [3.8, 4) is 0 Å². The average molecular weight is 361 g/mol. The van der Waals surface area contributed by atoms with Crippen molar-refractivity contribution >= 4 is 29.1 Å². The summed E-state index contributed by atoms with van der Waals surface area (Å²) in [5.41, 5.74) is 1.49. The van der Waals surface area contributed by atoms with Crippen LogP contribution in [-0.4, -0.2) is 23.2 Å². The molecule has 2 unspecified atom stereocenters. The summed E-state index contributed by atoms with van der Waals surface area (Å²) in [4.78, 5) is 24.9. The molecule has 0 aliphatic heterocycles. The molecule has 1 aromatic carbocycles. The number of amides is 2. The second-order valence-corrected chi connectivity index (χ2v) is 9.29. The van der Waals surface area contributed by atoms with Crippen LogP contribution >= 0.6 is 11.6 Å². The molecule has 4 saturated carbocycles. The Labute approximate surface area is 153 Å². The van der Waals surface area contributed by atoms with E-state index in [9.17, 15) is 9.59 Å². The van der Waals surface area contributed by atoms with Crippen LogP contribution in [0, 0.1) is 24.2 Å². The standard InChI is InChI=1S/C20H25ClN2O2/c1-13-3-2-4-16(5-13)23-17(24)11-22-18(25)19-7-14-6-15(8-19)10-20(21,9-14)12-19/h2-5,14-15H,6-12H2,1H3,(H,22,25)(H,23,24)/t14-,15+,19?,20?. The molecule has 4 aliphatic carbocycles. The van der Waals surface area contributed by atoms with E-state index in [0.29, 0.717) is 11.8 Å². The third-order valence-corrected chi connectivity index (χ3v) is 6.62. The van der Waals surface area contributed by atoms with Crippen molar-refractivity contribution in [1.82, 2.24) is 5.32 Å². The van der Waals surface area contributed by atoms with Gasteiger partial charge in [-0.2, -0.15) is 0 Å². The molecule has 5 rings (SSSR count). The smallest absolute Gasteiger partial charge is 0.243 e. The van der Waals surface area contributed by atoms with E-state index in [1.165, 1.54) is 6.42 Å². The Morgan fingerprint density at radius 1 is 1.20 bits per heavy atom. The zero-order chi connectivity index (χ0) is 17.7. The third kappa shape index (κ3) is 3.29. The SMILES string of the molecule is Cc1cccc(NC(=O)CNC(=O)C23C[C@@H]4C[C@@H](CC(Cl)(C4)C2)C3)c1. The highest BCUT2D eigenvalue weighted by molar-refractivity contribution is 6.24. The fourth-order valence-electron chi connectivity index (χ4n) is 5.69. The van der Waals surface area contributed by atoms with Crippen molar-refractivity contribution in [2.24, 2.45) is 17.3 Å². The molecule has 4 fully saturated rings. The van der Waals surface area contributed by atoms with E-state index in [1.54, 1.807) is 0 Å². The molecule has 134 valence electrons. The minimum Gasteiger partial charge on any atom is -0.347 e. The van der Waals surface area contributed by atoms with Gasteiger partial charge in [0.1, 0.15) is 0 Å². The van der Waals surface area contributed by atoms with E-state index in [4.69, 9.17) is 11.6 Å². The number of benzene rings is 1. The Hall–Kier alpha value is -1.55. The van der Waals surface area contributed by atoms with Gasteiger partial charge in [0.05, 0.1) is 12.0 Å².